The lowest BCUT2D eigenvalue weighted by Gasteiger charge is -2.37. The largest absolute Gasteiger partial charge is 0.491 e. The fourth-order valence-corrected chi connectivity index (χ4v) is 4.86. The Labute approximate surface area is 195 Å². The molecule has 2 heterocycles. The minimum Gasteiger partial charge on any atom is -0.491 e. The van der Waals surface area contributed by atoms with E-state index in [9.17, 15) is 9.59 Å². The van der Waals surface area contributed by atoms with Gasteiger partial charge in [0.1, 0.15) is 18.9 Å². The van der Waals surface area contributed by atoms with E-state index >= 15 is 0 Å². The second-order valence-electron chi connectivity index (χ2n) is 9.15. The number of nitrogens with one attached hydrogen (secondary N) is 1. The first-order chi connectivity index (χ1) is 15.2. The predicted molar refractivity (Wildman–Crippen MR) is 129 cm³/mol. The number of carbonyl (C=O) groups excluding carboxylic acids is 2. The number of carbonyl (C=O) groups is 2. The van der Waals surface area contributed by atoms with Crippen molar-refractivity contribution in [1.82, 2.24) is 15.1 Å². The SMILES string of the molecule is Cc1ccc(OC[C@@H]2c3ccsc3CCN2C(=O)CN(CC(C)C)C(=O)NC(C)C)cc1. The van der Waals surface area contributed by atoms with E-state index in [4.69, 9.17) is 4.74 Å². The molecule has 3 amide bonds. The summed E-state index contributed by atoms with van der Waals surface area (Å²) in [7, 11) is 0. The van der Waals surface area contributed by atoms with Crippen LogP contribution in [0, 0.1) is 12.8 Å². The first-order valence-corrected chi connectivity index (χ1v) is 12.2. The van der Waals surface area contributed by atoms with Crippen molar-refractivity contribution in [1.29, 1.82) is 0 Å². The Balaban J connectivity index is 1.75. The van der Waals surface area contributed by atoms with Crippen LogP contribution in [0.3, 0.4) is 0 Å². The molecule has 0 radical (unpaired) electrons. The van der Waals surface area contributed by atoms with Crippen LogP contribution in [-0.2, 0) is 11.2 Å². The standard InChI is InChI=1S/C25H35N3O3S/c1-17(2)14-27(25(30)26-18(3)4)15-24(29)28-12-10-23-21(11-13-32-23)22(28)16-31-20-8-6-19(5)7-9-20/h6-9,11,13,17-18,22H,10,12,14-16H2,1-5H3,(H,26,30)/t22-/m1/s1. The van der Waals surface area contributed by atoms with Gasteiger partial charge in [0.25, 0.3) is 0 Å². The molecule has 32 heavy (non-hydrogen) atoms. The molecular weight excluding hydrogens is 422 g/mol. The van der Waals surface area contributed by atoms with E-state index in [-0.39, 0.29) is 36.5 Å². The van der Waals surface area contributed by atoms with Crippen LogP contribution < -0.4 is 10.1 Å². The summed E-state index contributed by atoms with van der Waals surface area (Å²) in [6.45, 7) is 11.6. The van der Waals surface area contributed by atoms with Gasteiger partial charge in [-0.15, -0.1) is 11.3 Å². The minimum absolute atomic E-state index is 0.0197. The summed E-state index contributed by atoms with van der Waals surface area (Å²) >= 11 is 1.73. The Morgan fingerprint density at radius 1 is 1.19 bits per heavy atom. The Hall–Kier alpha value is -2.54. The maximum Gasteiger partial charge on any atom is 0.318 e. The third-order valence-electron chi connectivity index (χ3n) is 5.46. The van der Waals surface area contributed by atoms with E-state index in [0.717, 1.165) is 17.7 Å². The van der Waals surface area contributed by atoms with Gasteiger partial charge in [-0.25, -0.2) is 4.79 Å². The van der Waals surface area contributed by atoms with Crippen molar-refractivity contribution >= 4 is 23.3 Å². The summed E-state index contributed by atoms with van der Waals surface area (Å²) in [4.78, 5) is 31.0. The number of hydrogen-bond donors (Lipinski definition) is 1. The highest BCUT2D eigenvalue weighted by Gasteiger charge is 2.33. The van der Waals surface area contributed by atoms with Gasteiger partial charge >= 0.3 is 6.03 Å². The molecule has 1 aliphatic rings. The number of rotatable bonds is 8. The Kier molecular flexibility index (Phi) is 8.18. The molecule has 0 spiro atoms. The molecule has 174 valence electrons. The molecule has 7 heteroatoms. The van der Waals surface area contributed by atoms with Crippen molar-refractivity contribution in [2.75, 3.05) is 26.2 Å². The first kappa shape index (κ1) is 24.1. The third kappa shape index (κ3) is 6.25. The fraction of sp³-hybridized carbons (Fsp3) is 0.520. The lowest BCUT2D eigenvalue weighted by molar-refractivity contribution is -0.135. The van der Waals surface area contributed by atoms with Crippen LogP contribution in [0.15, 0.2) is 35.7 Å². The Morgan fingerprint density at radius 2 is 1.91 bits per heavy atom. The van der Waals surface area contributed by atoms with Crippen molar-refractivity contribution in [2.45, 2.75) is 53.1 Å². The minimum atomic E-state index is -0.192. The number of hydrogen-bond acceptors (Lipinski definition) is 4. The number of nitrogens with zero attached hydrogens (tertiary/aromatic N) is 2. The van der Waals surface area contributed by atoms with Gasteiger partial charge < -0.3 is 19.9 Å². The van der Waals surface area contributed by atoms with E-state index in [1.807, 2.05) is 49.9 Å². The zero-order valence-electron chi connectivity index (χ0n) is 19.8. The summed E-state index contributed by atoms with van der Waals surface area (Å²) in [6.07, 6.45) is 0.835. The number of thiophene rings is 1. The van der Waals surface area contributed by atoms with Gasteiger partial charge in [0.15, 0.2) is 0 Å². The average molecular weight is 458 g/mol. The summed E-state index contributed by atoms with van der Waals surface area (Å²) < 4.78 is 6.09. The number of aryl methyl sites for hydroxylation is 1. The predicted octanol–water partition coefficient (Wildman–Crippen LogP) is 4.64. The topological polar surface area (TPSA) is 61.9 Å². The summed E-state index contributed by atoms with van der Waals surface area (Å²) in [6, 6.07) is 9.72. The van der Waals surface area contributed by atoms with Crippen molar-refractivity contribution in [3.05, 3.63) is 51.7 Å². The molecule has 1 N–H and O–H groups in total. The maximum atomic E-state index is 13.4. The maximum absolute atomic E-state index is 13.4. The molecule has 1 aromatic carbocycles. The molecule has 0 bridgehead atoms. The highest BCUT2D eigenvalue weighted by Crippen LogP contribution is 2.34. The number of amides is 3. The molecule has 2 aromatic rings. The van der Waals surface area contributed by atoms with Gasteiger partial charge in [-0.05, 0) is 62.3 Å². The smallest absolute Gasteiger partial charge is 0.318 e. The molecule has 0 aliphatic carbocycles. The molecule has 1 aliphatic heterocycles. The van der Waals surface area contributed by atoms with Crippen molar-refractivity contribution in [3.8, 4) is 5.75 Å². The molecule has 0 saturated carbocycles. The van der Waals surface area contributed by atoms with Gasteiger partial charge in [-0.3, -0.25) is 4.79 Å². The van der Waals surface area contributed by atoms with Crippen LogP contribution in [0.1, 0.15) is 49.7 Å². The average Bonchev–Trinajstić information content (AvgIpc) is 3.20. The normalized spacial score (nSPS) is 15.6. The zero-order valence-corrected chi connectivity index (χ0v) is 20.6. The van der Waals surface area contributed by atoms with Crippen LogP contribution in [0.4, 0.5) is 4.79 Å². The van der Waals surface area contributed by atoms with Crippen LogP contribution in [0.2, 0.25) is 0 Å². The second kappa shape index (κ2) is 10.9. The molecule has 1 aromatic heterocycles. The Bertz CT molecular complexity index is 907. The highest BCUT2D eigenvalue weighted by atomic mass is 32.1. The summed E-state index contributed by atoms with van der Waals surface area (Å²) in [5, 5.41) is 5.01. The van der Waals surface area contributed by atoms with Crippen LogP contribution >= 0.6 is 11.3 Å². The molecule has 0 saturated heterocycles. The van der Waals surface area contributed by atoms with Crippen LogP contribution in [0.25, 0.3) is 0 Å². The van der Waals surface area contributed by atoms with E-state index < -0.39 is 0 Å². The molecule has 3 rings (SSSR count). The highest BCUT2D eigenvalue weighted by molar-refractivity contribution is 7.10. The van der Waals surface area contributed by atoms with Gasteiger partial charge in [-0.1, -0.05) is 31.5 Å². The fourth-order valence-electron chi connectivity index (χ4n) is 3.94. The van der Waals surface area contributed by atoms with Crippen molar-refractivity contribution < 1.29 is 14.3 Å². The lowest BCUT2D eigenvalue weighted by atomic mass is 10.0. The van der Waals surface area contributed by atoms with E-state index in [1.165, 1.54) is 10.4 Å². The van der Waals surface area contributed by atoms with E-state index in [2.05, 4.69) is 30.6 Å². The summed E-state index contributed by atoms with van der Waals surface area (Å²) in [5.74, 6) is 1.02. The number of fused-ring (bicyclic) bond motifs is 1. The number of ether oxygens (including phenoxy) is 1. The number of urea groups is 1. The monoisotopic (exact) mass is 457 g/mol. The summed E-state index contributed by atoms with van der Waals surface area (Å²) in [5.41, 5.74) is 2.33. The van der Waals surface area contributed by atoms with E-state index in [1.54, 1.807) is 16.2 Å². The van der Waals surface area contributed by atoms with Gasteiger partial charge in [0, 0.05) is 24.0 Å². The zero-order chi connectivity index (χ0) is 23.3. The van der Waals surface area contributed by atoms with Gasteiger partial charge in [0.2, 0.25) is 5.91 Å². The molecule has 0 fully saturated rings. The van der Waals surface area contributed by atoms with Crippen LogP contribution in [0.5, 0.6) is 5.75 Å². The quantitative estimate of drug-likeness (QED) is 0.628. The van der Waals surface area contributed by atoms with E-state index in [0.29, 0.717) is 19.7 Å². The van der Waals surface area contributed by atoms with Gasteiger partial charge in [0.05, 0.1) is 6.04 Å². The van der Waals surface area contributed by atoms with Crippen LogP contribution in [-0.4, -0.2) is 54.0 Å². The molecule has 1 atom stereocenters. The molecule has 0 unspecified atom stereocenters. The number of benzene rings is 1. The van der Waals surface area contributed by atoms with Crippen molar-refractivity contribution in [2.24, 2.45) is 5.92 Å². The first-order valence-electron chi connectivity index (χ1n) is 11.3. The molecular formula is C25H35N3O3S. The molecule has 6 nitrogen and oxygen atoms in total. The second-order valence-corrected chi connectivity index (χ2v) is 10.2. The Morgan fingerprint density at radius 3 is 2.56 bits per heavy atom. The van der Waals surface area contributed by atoms with Gasteiger partial charge in [-0.2, -0.15) is 0 Å². The lowest BCUT2D eigenvalue weighted by Crippen LogP contribution is -2.51. The van der Waals surface area contributed by atoms with Crippen molar-refractivity contribution in [3.63, 3.8) is 0 Å². The third-order valence-corrected chi connectivity index (χ3v) is 6.45.